The Hall–Kier alpha value is -2.91. The van der Waals surface area contributed by atoms with Crippen LogP contribution in [0.4, 0.5) is 0 Å². The largest absolute Gasteiger partial charge is 0.497 e. The third kappa shape index (κ3) is 6.54. The molecule has 0 aliphatic carbocycles. The second kappa shape index (κ2) is 11.6. The van der Waals surface area contributed by atoms with Gasteiger partial charge < -0.3 is 15.0 Å². The molecule has 0 aliphatic heterocycles. The molecule has 1 N–H and O–H groups in total. The number of amides is 2. The van der Waals surface area contributed by atoms with Crippen molar-refractivity contribution in [2.75, 3.05) is 27.7 Å². The van der Waals surface area contributed by atoms with Crippen molar-refractivity contribution in [3.05, 3.63) is 60.2 Å². The van der Waals surface area contributed by atoms with Crippen molar-refractivity contribution in [2.24, 2.45) is 0 Å². The molecule has 0 bridgehead atoms. The Kier molecular flexibility index (Phi) is 9.22. The Bertz CT molecular complexity index is 1010. The average Bonchev–Trinajstić information content (AvgIpc) is 2.81. The standard InChI is InChI=1S/C23H31N3O5S/c1-18(23(28)24-2)26(17-19-10-8-11-20(16-19)31-4)22(27)14-9-15-25(3)32(29,30)21-12-6-5-7-13-21/h5-8,10-13,16,18H,9,14-15,17H2,1-4H3,(H,24,28)/t18-/m0/s1. The van der Waals surface area contributed by atoms with Gasteiger partial charge in [0.15, 0.2) is 0 Å². The van der Waals surface area contributed by atoms with Crippen molar-refractivity contribution in [3.8, 4) is 5.75 Å². The number of hydrogen-bond donors (Lipinski definition) is 1. The van der Waals surface area contributed by atoms with Crippen LogP contribution in [0.2, 0.25) is 0 Å². The maximum Gasteiger partial charge on any atom is 0.242 e. The van der Waals surface area contributed by atoms with Crippen molar-refractivity contribution >= 4 is 21.8 Å². The molecule has 2 aromatic carbocycles. The fourth-order valence-electron chi connectivity index (χ4n) is 3.25. The maximum atomic E-state index is 13.0. The van der Waals surface area contributed by atoms with Crippen LogP contribution >= 0.6 is 0 Å². The summed E-state index contributed by atoms with van der Waals surface area (Å²) in [6.07, 6.45) is 0.441. The number of rotatable bonds is 11. The van der Waals surface area contributed by atoms with Crippen molar-refractivity contribution in [1.82, 2.24) is 14.5 Å². The third-order valence-electron chi connectivity index (χ3n) is 5.22. The van der Waals surface area contributed by atoms with Crippen LogP contribution in [0.5, 0.6) is 5.75 Å². The summed E-state index contributed by atoms with van der Waals surface area (Å²) in [5.41, 5.74) is 0.831. The first-order chi connectivity index (χ1) is 15.2. The summed E-state index contributed by atoms with van der Waals surface area (Å²) < 4.78 is 31.8. The molecule has 0 aromatic heterocycles. The molecule has 2 rings (SSSR count). The number of nitrogens with one attached hydrogen (secondary N) is 1. The first kappa shape index (κ1) is 25.4. The van der Waals surface area contributed by atoms with E-state index >= 15 is 0 Å². The monoisotopic (exact) mass is 461 g/mol. The van der Waals surface area contributed by atoms with E-state index in [2.05, 4.69) is 5.32 Å². The van der Waals surface area contributed by atoms with E-state index in [0.717, 1.165) is 5.56 Å². The van der Waals surface area contributed by atoms with Crippen molar-refractivity contribution in [3.63, 3.8) is 0 Å². The normalized spacial score (nSPS) is 12.3. The van der Waals surface area contributed by atoms with Gasteiger partial charge in [0, 0.05) is 33.6 Å². The van der Waals surface area contributed by atoms with E-state index in [1.807, 2.05) is 18.2 Å². The van der Waals surface area contributed by atoms with E-state index in [4.69, 9.17) is 4.74 Å². The molecule has 9 heteroatoms. The predicted octanol–water partition coefficient (Wildman–Crippen LogP) is 2.26. The van der Waals surface area contributed by atoms with Crippen molar-refractivity contribution in [1.29, 1.82) is 0 Å². The van der Waals surface area contributed by atoms with Gasteiger partial charge in [-0.05, 0) is 43.2 Å². The molecule has 0 radical (unpaired) electrons. The highest BCUT2D eigenvalue weighted by atomic mass is 32.2. The molecule has 174 valence electrons. The molecule has 0 fully saturated rings. The Morgan fingerprint density at radius 1 is 1.09 bits per heavy atom. The lowest BCUT2D eigenvalue weighted by Crippen LogP contribution is -2.46. The van der Waals surface area contributed by atoms with Gasteiger partial charge >= 0.3 is 0 Å². The Balaban J connectivity index is 2.06. The Labute approximate surface area is 190 Å². The highest BCUT2D eigenvalue weighted by Gasteiger charge is 2.26. The lowest BCUT2D eigenvalue weighted by atomic mass is 10.1. The molecule has 2 aromatic rings. The van der Waals surface area contributed by atoms with Crippen LogP contribution in [0.25, 0.3) is 0 Å². The number of carbonyl (C=O) groups is 2. The number of benzene rings is 2. The van der Waals surface area contributed by atoms with Crippen LogP contribution in [0.3, 0.4) is 0 Å². The fourth-order valence-corrected chi connectivity index (χ4v) is 4.48. The zero-order valence-corrected chi connectivity index (χ0v) is 19.8. The minimum absolute atomic E-state index is 0.111. The number of ether oxygens (including phenoxy) is 1. The Morgan fingerprint density at radius 3 is 2.41 bits per heavy atom. The zero-order chi connectivity index (χ0) is 23.7. The molecule has 2 amide bonds. The van der Waals surface area contributed by atoms with E-state index in [1.165, 1.54) is 35.4 Å². The molecular formula is C23H31N3O5S. The van der Waals surface area contributed by atoms with Gasteiger partial charge in [0.25, 0.3) is 0 Å². The molecule has 0 heterocycles. The smallest absolute Gasteiger partial charge is 0.242 e. The predicted molar refractivity (Wildman–Crippen MR) is 123 cm³/mol. The summed E-state index contributed by atoms with van der Waals surface area (Å²) in [6.45, 7) is 2.09. The number of methoxy groups -OCH3 is 1. The topological polar surface area (TPSA) is 96.0 Å². The van der Waals surface area contributed by atoms with Gasteiger partial charge in [0.1, 0.15) is 11.8 Å². The average molecular weight is 462 g/mol. The lowest BCUT2D eigenvalue weighted by molar-refractivity contribution is -0.140. The second-order valence-electron chi connectivity index (χ2n) is 7.41. The van der Waals surface area contributed by atoms with Crippen LogP contribution < -0.4 is 10.1 Å². The van der Waals surface area contributed by atoms with Gasteiger partial charge in [-0.25, -0.2) is 12.7 Å². The lowest BCUT2D eigenvalue weighted by Gasteiger charge is -2.29. The summed E-state index contributed by atoms with van der Waals surface area (Å²) in [6, 6.07) is 14.8. The number of hydrogen-bond acceptors (Lipinski definition) is 5. The van der Waals surface area contributed by atoms with Gasteiger partial charge in [-0.1, -0.05) is 30.3 Å². The van der Waals surface area contributed by atoms with E-state index < -0.39 is 16.1 Å². The SMILES string of the molecule is CNC(=O)[C@H](C)N(Cc1cccc(OC)c1)C(=O)CCCN(C)S(=O)(=O)c1ccccc1. The van der Waals surface area contributed by atoms with Crippen LogP contribution in [0.1, 0.15) is 25.3 Å². The molecular weight excluding hydrogens is 430 g/mol. The molecule has 8 nitrogen and oxygen atoms in total. The molecule has 0 saturated carbocycles. The number of nitrogens with zero attached hydrogens (tertiary/aromatic N) is 2. The van der Waals surface area contributed by atoms with Crippen LogP contribution in [0, 0.1) is 0 Å². The number of sulfonamides is 1. The number of carbonyl (C=O) groups excluding carboxylic acids is 2. The van der Waals surface area contributed by atoms with Gasteiger partial charge in [0.2, 0.25) is 21.8 Å². The molecule has 32 heavy (non-hydrogen) atoms. The van der Waals surface area contributed by atoms with Crippen LogP contribution in [0.15, 0.2) is 59.5 Å². The van der Waals surface area contributed by atoms with Gasteiger partial charge in [0.05, 0.1) is 12.0 Å². The highest BCUT2D eigenvalue weighted by molar-refractivity contribution is 7.89. The zero-order valence-electron chi connectivity index (χ0n) is 18.9. The van der Waals surface area contributed by atoms with E-state index in [0.29, 0.717) is 12.2 Å². The summed E-state index contributed by atoms with van der Waals surface area (Å²) >= 11 is 0. The van der Waals surface area contributed by atoms with Crippen molar-refractivity contribution < 1.29 is 22.7 Å². The summed E-state index contributed by atoms with van der Waals surface area (Å²) in [5, 5.41) is 2.58. The van der Waals surface area contributed by atoms with E-state index in [-0.39, 0.29) is 36.2 Å². The molecule has 0 saturated heterocycles. The summed E-state index contributed by atoms with van der Waals surface area (Å²) in [5.74, 6) is 0.162. The summed E-state index contributed by atoms with van der Waals surface area (Å²) in [7, 11) is 0.966. The minimum atomic E-state index is -3.62. The van der Waals surface area contributed by atoms with Crippen molar-refractivity contribution in [2.45, 2.75) is 37.2 Å². The first-order valence-corrected chi connectivity index (χ1v) is 11.8. The second-order valence-corrected chi connectivity index (χ2v) is 9.45. The van der Waals surface area contributed by atoms with Gasteiger partial charge in [-0.3, -0.25) is 9.59 Å². The van der Waals surface area contributed by atoms with Crippen LogP contribution in [-0.2, 0) is 26.2 Å². The molecule has 0 unspecified atom stereocenters. The summed E-state index contributed by atoms with van der Waals surface area (Å²) in [4.78, 5) is 26.9. The molecule has 1 atom stereocenters. The Morgan fingerprint density at radius 2 is 1.78 bits per heavy atom. The third-order valence-corrected chi connectivity index (χ3v) is 7.09. The molecule has 0 aliphatic rings. The first-order valence-electron chi connectivity index (χ1n) is 10.4. The van der Waals surface area contributed by atoms with E-state index in [1.54, 1.807) is 38.3 Å². The molecule has 0 spiro atoms. The quantitative estimate of drug-likeness (QED) is 0.554. The minimum Gasteiger partial charge on any atom is -0.497 e. The van der Waals surface area contributed by atoms with Crippen LogP contribution in [-0.4, -0.2) is 63.2 Å². The maximum absolute atomic E-state index is 13.0. The van der Waals surface area contributed by atoms with Gasteiger partial charge in [-0.15, -0.1) is 0 Å². The van der Waals surface area contributed by atoms with Gasteiger partial charge in [-0.2, -0.15) is 0 Å². The fraction of sp³-hybridized carbons (Fsp3) is 0.391. The number of likely N-dealkylation sites (N-methyl/N-ethyl adjacent to an activating group) is 1. The van der Waals surface area contributed by atoms with E-state index in [9.17, 15) is 18.0 Å². The highest BCUT2D eigenvalue weighted by Crippen LogP contribution is 2.18.